The second kappa shape index (κ2) is 6.53. The average molecular weight is 280 g/mol. The van der Waals surface area contributed by atoms with Crippen molar-refractivity contribution in [1.82, 2.24) is 4.98 Å². The fraction of sp³-hybridized carbons (Fsp3) is 0.267. The number of aryl methyl sites for hydroxylation is 1. The van der Waals surface area contributed by atoms with Crippen molar-refractivity contribution in [2.75, 3.05) is 0 Å². The summed E-state index contributed by atoms with van der Waals surface area (Å²) < 4.78 is 18.7. The normalized spacial score (nSPS) is 10.5. The van der Waals surface area contributed by atoms with Gasteiger partial charge in [-0.2, -0.15) is 0 Å². The summed E-state index contributed by atoms with van der Waals surface area (Å²) in [7, 11) is 0. The van der Waals surface area contributed by atoms with E-state index in [1.807, 2.05) is 6.07 Å². The predicted octanol–water partition coefficient (Wildman–Crippen LogP) is 4.70. The number of halogens is 2. The van der Waals surface area contributed by atoms with E-state index >= 15 is 0 Å². The Labute approximate surface area is 117 Å². The predicted molar refractivity (Wildman–Crippen MR) is 74.3 cm³/mol. The summed E-state index contributed by atoms with van der Waals surface area (Å²) in [5.41, 5.74) is 1.89. The second-order valence-corrected chi connectivity index (χ2v) is 4.52. The van der Waals surface area contributed by atoms with Gasteiger partial charge in [-0.25, -0.2) is 9.37 Å². The van der Waals surface area contributed by atoms with Gasteiger partial charge in [-0.3, -0.25) is 0 Å². The van der Waals surface area contributed by atoms with Crippen LogP contribution in [0.1, 0.15) is 24.6 Å². The molecule has 2 nitrogen and oxygen atoms in total. The SMILES string of the molecule is CCCc1cc(CCl)cc(Oc2cccc(F)c2)n1. The molecule has 1 heterocycles. The van der Waals surface area contributed by atoms with Gasteiger partial charge in [0.05, 0.1) is 0 Å². The van der Waals surface area contributed by atoms with E-state index in [1.54, 1.807) is 18.2 Å². The Kier molecular flexibility index (Phi) is 4.74. The molecule has 19 heavy (non-hydrogen) atoms. The van der Waals surface area contributed by atoms with E-state index in [-0.39, 0.29) is 5.82 Å². The molecule has 0 N–H and O–H groups in total. The fourth-order valence-electron chi connectivity index (χ4n) is 1.79. The van der Waals surface area contributed by atoms with Crippen LogP contribution in [0.5, 0.6) is 11.6 Å². The zero-order chi connectivity index (χ0) is 13.7. The summed E-state index contributed by atoms with van der Waals surface area (Å²) in [5.74, 6) is 0.951. The second-order valence-electron chi connectivity index (χ2n) is 4.25. The number of aromatic nitrogens is 1. The van der Waals surface area contributed by atoms with Crippen LogP contribution in [0.25, 0.3) is 0 Å². The smallest absolute Gasteiger partial charge is 0.219 e. The third kappa shape index (κ3) is 3.93. The molecule has 2 rings (SSSR count). The van der Waals surface area contributed by atoms with Gasteiger partial charge >= 0.3 is 0 Å². The number of ether oxygens (including phenoxy) is 1. The summed E-state index contributed by atoms with van der Waals surface area (Å²) in [6.45, 7) is 2.09. The maximum absolute atomic E-state index is 13.1. The van der Waals surface area contributed by atoms with Crippen molar-refractivity contribution >= 4 is 11.6 Å². The lowest BCUT2D eigenvalue weighted by atomic mass is 10.2. The third-order valence-corrected chi connectivity index (χ3v) is 2.90. The molecule has 0 spiro atoms. The molecular formula is C15H15ClFNO. The monoisotopic (exact) mass is 279 g/mol. The first-order valence-electron chi connectivity index (χ1n) is 6.20. The van der Waals surface area contributed by atoms with Gasteiger partial charge in [-0.15, -0.1) is 11.6 Å². The number of rotatable bonds is 5. The van der Waals surface area contributed by atoms with Crippen molar-refractivity contribution in [3.63, 3.8) is 0 Å². The van der Waals surface area contributed by atoms with Gasteiger partial charge in [0.15, 0.2) is 0 Å². The molecule has 0 aliphatic rings. The van der Waals surface area contributed by atoms with Crippen LogP contribution in [0, 0.1) is 5.82 Å². The lowest BCUT2D eigenvalue weighted by Crippen LogP contribution is -1.96. The van der Waals surface area contributed by atoms with Crippen LogP contribution in [0.3, 0.4) is 0 Å². The van der Waals surface area contributed by atoms with Gasteiger partial charge in [0.25, 0.3) is 0 Å². The van der Waals surface area contributed by atoms with E-state index in [1.165, 1.54) is 12.1 Å². The van der Waals surface area contributed by atoms with Crippen molar-refractivity contribution in [3.05, 3.63) is 53.5 Å². The first-order valence-corrected chi connectivity index (χ1v) is 6.74. The van der Waals surface area contributed by atoms with Gasteiger partial charge < -0.3 is 4.74 Å². The van der Waals surface area contributed by atoms with Gasteiger partial charge in [0.1, 0.15) is 11.6 Å². The van der Waals surface area contributed by atoms with Gasteiger partial charge in [-0.1, -0.05) is 19.4 Å². The Bertz CT molecular complexity index is 560. The van der Waals surface area contributed by atoms with Crippen molar-refractivity contribution < 1.29 is 9.13 Å². The molecule has 0 unspecified atom stereocenters. The van der Waals surface area contributed by atoms with Crippen molar-refractivity contribution in [1.29, 1.82) is 0 Å². The average Bonchev–Trinajstić information content (AvgIpc) is 2.39. The highest BCUT2D eigenvalue weighted by molar-refractivity contribution is 6.17. The molecule has 2 aromatic rings. The number of alkyl halides is 1. The maximum atomic E-state index is 13.1. The number of hydrogen-bond acceptors (Lipinski definition) is 2. The van der Waals surface area contributed by atoms with Crippen LogP contribution in [0.15, 0.2) is 36.4 Å². The maximum Gasteiger partial charge on any atom is 0.219 e. The highest BCUT2D eigenvalue weighted by Gasteiger charge is 2.05. The van der Waals surface area contributed by atoms with E-state index < -0.39 is 0 Å². The largest absolute Gasteiger partial charge is 0.439 e. The van der Waals surface area contributed by atoms with Gasteiger partial charge in [-0.05, 0) is 30.2 Å². The first-order chi connectivity index (χ1) is 9.21. The summed E-state index contributed by atoms with van der Waals surface area (Å²) in [6.07, 6.45) is 1.86. The van der Waals surface area contributed by atoms with E-state index in [2.05, 4.69) is 11.9 Å². The Balaban J connectivity index is 2.26. The molecule has 1 aromatic carbocycles. The van der Waals surface area contributed by atoms with Crippen molar-refractivity contribution in [2.45, 2.75) is 25.6 Å². The van der Waals surface area contributed by atoms with Crippen LogP contribution in [0.4, 0.5) is 4.39 Å². The minimum Gasteiger partial charge on any atom is -0.439 e. The molecule has 0 aliphatic carbocycles. The number of hydrogen-bond donors (Lipinski definition) is 0. The summed E-state index contributed by atoms with van der Waals surface area (Å²) in [6, 6.07) is 9.74. The molecule has 4 heteroatoms. The zero-order valence-corrected chi connectivity index (χ0v) is 11.5. The Morgan fingerprint density at radius 1 is 1.26 bits per heavy atom. The quantitative estimate of drug-likeness (QED) is 0.740. The number of benzene rings is 1. The molecule has 1 aromatic heterocycles. The van der Waals surface area contributed by atoms with Crippen molar-refractivity contribution in [2.24, 2.45) is 0 Å². The Morgan fingerprint density at radius 3 is 2.79 bits per heavy atom. The zero-order valence-electron chi connectivity index (χ0n) is 10.7. The molecule has 0 radical (unpaired) electrons. The molecule has 100 valence electrons. The van der Waals surface area contributed by atoms with Gasteiger partial charge in [0.2, 0.25) is 5.88 Å². The molecule has 0 aliphatic heterocycles. The van der Waals surface area contributed by atoms with E-state index in [0.29, 0.717) is 17.5 Å². The summed E-state index contributed by atoms with van der Waals surface area (Å²) in [4.78, 5) is 4.39. The molecule has 0 saturated carbocycles. The molecule has 0 saturated heterocycles. The highest BCUT2D eigenvalue weighted by atomic mass is 35.5. The molecule has 0 bridgehead atoms. The Hall–Kier alpha value is -1.61. The lowest BCUT2D eigenvalue weighted by molar-refractivity contribution is 0.455. The number of nitrogens with zero attached hydrogens (tertiary/aromatic N) is 1. The van der Waals surface area contributed by atoms with Gasteiger partial charge in [0, 0.05) is 23.7 Å². The van der Waals surface area contributed by atoms with E-state index in [0.717, 1.165) is 24.1 Å². The first kappa shape index (κ1) is 13.8. The highest BCUT2D eigenvalue weighted by Crippen LogP contribution is 2.23. The fourth-order valence-corrected chi connectivity index (χ4v) is 1.94. The minimum atomic E-state index is -0.334. The lowest BCUT2D eigenvalue weighted by Gasteiger charge is -2.08. The van der Waals surface area contributed by atoms with Crippen LogP contribution in [0.2, 0.25) is 0 Å². The van der Waals surface area contributed by atoms with Crippen LogP contribution in [-0.2, 0) is 12.3 Å². The standard InChI is InChI=1S/C15H15ClFNO/c1-2-4-13-7-11(10-16)8-15(18-13)19-14-6-3-5-12(17)9-14/h3,5-9H,2,4,10H2,1H3. The topological polar surface area (TPSA) is 22.1 Å². The minimum absolute atomic E-state index is 0.334. The third-order valence-electron chi connectivity index (χ3n) is 2.59. The van der Waals surface area contributed by atoms with Crippen LogP contribution >= 0.6 is 11.6 Å². The number of pyridine rings is 1. The molecule has 0 fully saturated rings. The summed E-state index contributed by atoms with van der Waals surface area (Å²) in [5, 5.41) is 0. The van der Waals surface area contributed by atoms with Crippen molar-refractivity contribution in [3.8, 4) is 11.6 Å². The summed E-state index contributed by atoms with van der Waals surface area (Å²) >= 11 is 5.86. The molecule has 0 amide bonds. The van der Waals surface area contributed by atoms with E-state index in [9.17, 15) is 4.39 Å². The molecule has 0 atom stereocenters. The van der Waals surface area contributed by atoms with Crippen LogP contribution in [-0.4, -0.2) is 4.98 Å². The van der Waals surface area contributed by atoms with E-state index in [4.69, 9.17) is 16.3 Å². The Morgan fingerprint density at radius 2 is 2.11 bits per heavy atom. The van der Waals surface area contributed by atoms with Crippen LogP contribution < -0.4 is 4.74 Å². The molecular weight excluding hydrogens is 265 g/mol.